The molecule has 0 unspecified atom stereocenters. The normalized spacial score (nSPS) is 13.2. The summed E-state index contributed by atoms with van der Waals surface area (Å²) in [6.07, 6.45) is -0.800. The lowest BCUT2D eigenvalue weighted by Crippen LogP contribution is -2.55. The molecule has 104 valence electrons. The Balaban J connectivity index is 2.52. The summed E-state index contributed by atoms with van der Waals surface area (Å²) in [5.74, 6) is -0.744. The van der Waals surface area contributed by atoms with E-state index >= 15 is 0 Å². The molecule has 0 aromatic heterocycles. The molecule has 6 nitrogen and oxygen atoms in total. The van der Waals surface area contributed by atoms with Crippen LogP contribution < -0.4 is 5.32 Å². The second-order valence-electron chi connectivity index (χ2n) is 4.17. The number of rotatable bonds is 5. The molecular formula is C13H17NO5. The van der Waals surface area contributed by atoms with Crippen molar-refractivity contribution in [2.24, 2.45) is 0 Å². The Hall–Kier alpha value is -2.08. The van der Waals surface area contributed by atoms with Crippen molar-refractivity contribution in [1.29, 1.82) is 0 Å². The molecule has 1 amide bonds. The molecule has 1 rings (SSSR count). The third kappa shape index (κ3) is 4.26. The highest BCUT2D eigenvalue weighted by atomic mass is 16.6. The lowest BCUT2D eigenvalue weighted by atomic mass is 10.1. The largest absolute Gasteiger partial charge is 0.467 e. The summed E-state index contributed by atoms with van der Waals surface area (Å²) in [5, 5.41) is 11.4. The van der Waals surface area contributed by atoms with Crippen LogP contribution in [0.15, 0.2) is 30.3 Å². The third-order valence-corrected chi connectivity index (χ3v) is 2.54. The highest BCUT2D eigenvalue weighted by Gasteiger charge is 2.36. The quantitative estimate of drug-likeness (QED) is 0.772. The van der Waals surface area contributed by atoms with Gasteiger partial charge in [0.05, 0.1) is 13.7 Å². The lowest BCUT2D eigenvalue weighted by Gasteiger charge is -2.24. The number of nitrogens with one attached hydrogen (secondary N) is 1. The van der Waals surface area contributed by atoms with Crippen LogP contribution in [0.4, 0.5) is 4.79 Å². The standard InChI is InChI=1S/C13H17NO5/c1-13(9-15,11(16)18-2)14-12(17)19-8-10-6-4-3-5-7-10/h3-7,15H,8-9H2,1-2H3,(H,14,17)/t13-/m1/s1. The molecular weight excluding hydrogens is 250 g/mol. The molecule has 0 aliphatic carbocycles. The maximum Gasteiger partial charge on any atom is 0.408 e. The molecule has 0 saturated heterocycles. The summed E-state index contributed by atoms with van der Waals surface area (Å²) in [6.45, 7) is 0.845. The zero-order chi connectivity index (χ0) is 14.3. The van der Waals surface area contributed by atoms with Crippen molar-refractivity contribution in [3.05, 3.63) is 35.9 Å². The number of carbonyl (C=O) groups is 2. The number of esters is 1. The van der Waals surface area contributed by atoms with Gasteiger partial charge in [0.25, 0.3) is 0 Å². The number of hydrogen-bond donors (Lipinski definition) is 2. The van der Waals surface area contributed by atoms with E-state index in [4.69, 9.17) is 9.84 Å². The van der Waals surface area contributed by atoms with Gasteiger partial charge in [0.2, 0.25) is 0 Å². The predicted molar refractivity (Wildman–Crippen MR) is 67.3 cm³/mol. The minimum Gasteiger partial charge on any atom is -0.467 e. The van der Waals surface area contributed by atoms with Crippen LogP contribution in [0.3, 0.4) is 0 Å². The van der Waals surface area contributed by atoms with Gasteiger partial charge in [0, 0.05) is 0 Å². The van der Waals surface area contributed by atoms with Crippen LogP contribution >= 0.6 is 0 Å². The van der Waals surface area contributed by atoms with E-state index in [1.54, 1.807) is 12.1 Å². The fraction of sp³-hybridized carbons (Fsp3) is 0.385. The first-order valence-corrected chi connectivity index (χ1v) is 5.70. The van der Waals surface area contributed by atoms with E-state index in [0.717, 1.165) is 5.56 Å². The van der Waals surface area contributed by atoms with Crippen molar-refractivity contribution in [2.75, 3.05) is 13.7 Å². The zero-order valence-electron chi connectivity index (χ0n) is 10.9. The van der Waals surface area contributed by atoms with Gasteiger partial charge in [-0.1, -0.05) is 30.3 Å². The first kappa shape index (κ1) is 15.0. The van der Waals surface area contributed by atoms with Gasteiger partial charge in [-0.3, -0.25) is 0 Å². The number of methoxy groups -OCH3 is 1. The minimum atomic E-state index is -1.51. The smallest absolute Gasteiger partial charge is 0.408 e. The van der Waals surface area contributed by atoms with Crippen LogP contribution in [-0.4, -0.2) is 36.4 Å². The van der Waals surface area contributed by atoms with Gasteiger partial charge in [-0.15, -0.1) is 0 Å². The van der Waals surface area contributed by atoms with Crippen molar-refractivity contribution < 1.29 is 24.2 Å². The Morgan fingerprint density at radius 3 is 2.47 bits per heavy atom. The van der Waals surface area contributed by atoms with Crippen molar-refractivity contribution >= 4 is 12.1 Å². The van der Waals surface area contributed by atoms with E-state index in [0.29, 0.717) is 0 Å². The number of aliphatic hydroxyl groups is 1. The molecule has 0 radical (unpaired) electrons. The molecule has 19 heavy (non-hydrogen) atoms. The molecule has 1 aromatic carbocycles. The van der Waals surface area contributed by atoms with Crippen molar-refractivity contribution in [2.45, 2.75) is 19.1 Å². The number of hydrogen-bond acceptors (Lipinski definition) is 5. The fourth-order valence-electron chi connectivity index (χ4n) is 1.36. The van der Waals surface area contributed by atoms with Gasteiger partial charge in [-0.25, -0.2) is 9.59 Å². The molecule has 0 fully saturated rings. The first-order valence-electron chi connectivity index (χ1n) is 5.70. The summed E-state index contributed by atoms with van der Waals surface area (Å²) >= 11 is 0. The molecule has 6 heteroatoms. The van der Waals surface area contributed by atoms with Crippen LogP contribution in [0, 0.1) is 0 Å². The van der Waals surface area contributed by atoms with E-state index in [-0.39, 0.29) is 6.61 Å². The topological polar surface area (TPSA) is 84.9 Å². The van der Waals surface area contributed by atoms with Gasteiger partial charge >= 0.3 is 12.1 Å². The molecule has 0 spiro atoms. The molecule has 0 aliphatic rings. The highest BCUT2D eigenvalue weighted by molar-refractivity contribution is 5.85. The van der Waals surface area contributed by atoms with Gasteiger partial charge in [0.1, 0.15) is 6.61 Å². The number of amides is 1. The average Bonchev–Trinajstić information content (AvgIpc) is 2.45. The van der Waals surface area contributed by atoms with Gasteiger partial charge in [-0.05, 0) is 12.5 Å². The minimum absolute atomic E-state index is 0.0787. The maximum atomic E-state index is 11.6. The van der Waals surface area contributed by atoms with Gasteiger partial charge in [-0.2, -0.15) is 0 Å². The number of ether oxygens (including phenoxy) is 2. The Bertz CT molecular complexity index is 434. The molecule has 0 aliphatic heterocycles. The SMILES string of the molecule is COC(=O)[C@@](C)(CO)NC(=O)OCc1ccccc1. The van der Waals surface area contributed by atoms with Crippen LogP contribution in [0.2, 0.25) is 0 Å². The summed E-state index contributed by atoms with van der Waals surface area (Å²) < 4.78 is 9.45. The number of aliphatic hydroxyl groups excluding tert-OH is 1. The maximum absolute atomic E-state index is 11.6. The van der Waals surface area contributed by atoms with Crippen LogP contribution in [0.25, 0.3) is 0 Å². The summed E-state index contributed by atoms with van der Waals surface area (Å²) in [5.41, 5.74) is -0.691. The first-order chi connectivity index (χ1) is 9.01. The van der Waals surface area contributed by atoms with E-state index in [9.17, 15) is 9.59 Å². The van der Waals surface area contributed by atoms with Gasteiger partial charge < -0.3 is 19.9 Å². The fourth-order valence-corrected chi connectivity index (χ4v) is 1.36. The molecule has 2 N–H and O–H groups in total. The molecule has 0 heterocycles. The van der Waals surface area contributed by atoms with Crippen LogP contribution in [0.5, 0.6) is 0 Å². The third-order valence-electron chi connectivity index (χ3n) is 2.54. The van der Waals surface area contributed by atoms with E-state index in [1.807, 2.05) is 18.2 Å². The second kappa shape index (κ2) is 6.75. The van der Waals surface area contributed by atoms with Crippen molar-refractivity contribution in [3.63, 3.8) is 0 Å². The Morgan fingerprint density at radius 2 is 1.95 bits per heavy atom. The molecule has 1 atom stereocenters. The summed E-state index contributed by atoms with van der Waals surface area (Å²) in [7, 11) is 1.17. The Labute approximate surface area is 111 Å². The highest BCUT2D eigenvalue weighted by Crippen LogP contribution is 2.07. The number of alkyl carbamates (subject to hydrolysis) is 1. The summed E-state index contributed by atoms with van der Waals surface area (Å²) in [6, 6.07) is 9.10. The van der Waals surface area contributed by atoms with E-state index < -0.39 is 24.2 Å². The Kier molecular flexibility index (Phi) is 5.32. The van der Waals surface area contributed by atoms with E-state index in [1.165, 1.54) is 14.0 Å². The second-order valence-corrected chi connectivity index (χ2v) is 4.17. The number of carbonyl (C=O) groups excluding carboxylic acids is 2. The Morgan fingerprint density at radius 1 is 1.32 bits per heavy atom. The molecule has 0 bridgehead atoms. The number of benzene rings is 1. The van der Waals surface area contributed by atoms with E-state index in [2.05, 4.69) is 10.1 Å². The molecule has 1 aromatic rings. The van der Waals surface area contributed by atoms with Crippen LogP contribution in [0.1, 0.15) is 12.5 Å². The van der Waals surface area contributed by atoms with Crippen LogP contribution in [-0.2, 0) is 20.9 Å². The monoisotopic (exact) mass is 267 g/mol. The predicted octanol–water partition coefficient (Wildman–Crippen LogP) is 0.837. The zero-order valence-corrected chi connectivity index (χ0v) is 10.9. The van der Waals surface area contributed by atoms with Gasteiger partial charge in [0.15, 0.2) is 5.54 Å². The lowest BCUT2D eigenvalue weighted by molar-refractivity contribution is -0.149. The summed E-state index contributed by atoms with van der Waals surface area (Å²) in [4.78, 5) is 23.0. The van der Waals surface area contributed by atoms with Crippen molar-refractivity contribution in [3.8, 4) is 0 Å². The average molecular weight is 267 g/mol. The van der Waals surface area contributed by atoms with Crippen molar-refractivity contribution in [1.82, 2.24) is 5.32 Å². The molecule has 0 saturated carbocycles.